The number of nitrogens with one attached hydrogen (secondary N) is 1. The van der Waals surface area contributed by atoms with Crippen LogP contribution in [0.25, 0.3) is 0 Å². The molecule has 0 heterocycles. The van der Waals surface area contributed by atoms with Crippen LogP contribution in [0.2, 0.25) is 0 Å². The van der Waals surface area contributed by atoms with Crippen LogP contribution >= 0.6 is 0 Å². The molecule has 0 spiro atoms. The predicted octanol–water partition coefficient (Wildman–Crippen LogP) is 2.77. The Morgan fingerprint density at radius 2 is 2.25 bits per heavy atom. The molecule has 1 fully saturated rings. The van der Waals surface area contributed by atoms with E-state index in [1.54, 1.807) is 0 Å². The minimum Gasteiger partial charge on any atom is -0.494 e. The second-order valence-corrected chi connectivity index (χ2v) is 4.43. The molecule has 1 aromatic rings. The molecule has 1 aliphatic carbocycles. The lowest BCUT2D eigenvalue weighted by atomic mass is 10.2. The highest BCUT2D eigenvalue weighted by molar-refractivity contribution is 5.28. The normalized spacial score (nSPS) is 15.1. The van der Waals surface area contributed by atoms with E-state index in [-0.39, 0.29) is 0 Å². The number of hydrogen-bond donors (Lipinski definition) is 1. The minimum atomic E-state index is 0.809. The molecule has 1 N–H and O–H groups in total. The molecule has 2 heteroatoms. The first-order valence-corrected chi connectivity index (χ1v) is 6.33. The Kier molecular flexibility index (Phi) is 4.23. The van der Waals surface area contributed by atoms with Gasteiger partial charge in [0.05, 0.1) is 6.61 Å². The molecule has 2 rings (SSSR count). The molecular weight excluding hydrogens is 198 g/mol. The van der Waals surface area contributed by atoms with Crippen LogP contribution in [-0.4, -0.2) is 19.2 Å². The van der Waals surface area contributed by atoms with Crippen LogP contribution in [0.3, 0.4) is 0 Å². The summed E-state index contributed by atoms with van der Waals surface area (Å²) < 4.78 is 5.71. The maximum atomic E-state index is 5.71. The molecule has 88 valence electrons. The molecule has 0 radical (unpaired) electrons. The fourth-order valence-electron chi connectivity index (χ4n) is 1.71. The number of rotatable bonds is 7. The van der Waals surface area contributed by atoms with Gasteiger partial charge in [-0.1, -0.05) is 19.1 Å². The molecule has 1 saturated carbocycles. The van der Waals surface area contributed by atoms with E-state index in [0.717, 1.165) is 37.8 Å². The van der Waals surface area contributed by atoms with Gasteiger partial charge in [0, 0.05) is 6.04 Å². The van der Waals surface area contributed by atoms with Crippen LogP contribution in [0.15, 0.2) is 24.3 Å². The van der Waals surface area contributed by atoms with E-state index in [2.05, 4.69) is 30.4 Å². The van der Waals surface area contributed by atoms with Crippen molar-refractivity contribution in [3.8, 4) is 5.75 Å². The van der Waals surface area contributed by atoms with Crippen LogP contribution in [-0.2, 0) is 6.42 Å². The molecule has 0 aromatic heterocycles. The molecule has 0 saturated heterocycles. The fourth-order valence-corrected chi connectivity index (χ4v) is 1.71. The van der Waals surface area contributed by atoms with Gasteiger partial charge in [-0.3, -0.25) is 0 Å². The summed E-state index contributed by atoms with van der Waals surface area (Å²) in [6, 6.07) is 9.18. The molecule has 16 heavy (non-hydrogen) atoms. The van der Waals surface area contributed by atoms with E-state index in [1.807, 2.05) is 6.07 Å². The van der Waals surface area contributed by atoms with Crippen molar-refractivity contribution in [1.82, 2.24) is 5.32 Å². The summed E-state index contributed by atoms with van der Waals surface area (Å²) in [5.74, 6) is 1.01. The van der Waals surface area contributed by atoms with E-state index >= 15 is 0 Å². The van der Waals surface area contributed by atoms with Gasteiger partial charge >= 0.3 is 0 Å². The van der Waals surface area contributed by atoms with E-state index in [4.69, 9.17) is 4.74 Å². The van der Waals surface area contributed by atoms with Crippen LogP contribution < -0.4 is 10.1 Å². The van der Waals surface area contributed by atoms with Gasteiger partial charge in [0.25, 0.3) is 0 Å². The zero-order valence-corrected chi connectivity index (χ0v) is 10.0. The van der Waals surface area contributed by atoms with Gasteiger partial charge in [0.1, 0.15) is 5.75 Å². The number of hydrogen-bond acceptors (Lipinski definition) is 2. The van der Waals surface area contributed by atoms with Crippen LogP contribution in [0.4, 0.5) is 0 Å². The van der Waals surface area contributed by atoms with Gasteiger partial charge in [-0.2, -0.15) is 0 Å². The van der Waals surface area contributed by atoms with E-state index < -0.39 is 0 Å². The Bertz CT molecular complexity index is 320. The number of aryl methyl sites for hydroxylation is 1. The largest absolute Gasteiger partial charge is 0.494 e. The first kappa shape index (κ1) is 11.5. The third kappa shape index (κ3) is 3.86. The number of benzene rings is 1. The second-order valence-electron chi connectivity index (χ2n) is 4.43. The van der Waals surface area contributed by atoms with Crippen molar-refractivity contribution in [2.45, 2.75) is 38.6 Å². The van der Waals surface area contributed by atoms with E-state index in [1.165, 1.54) is 18.4 Å². The Labute approximate surface area is 98.0 Å². The topological polar surface area (TPSA) is 21.3 Å². The molecule has 0 bridgehead atoms. The summed E-state index contributed by atoms with van der Waals surface area (Å²) in [4.78, 5) is 0. The first-order chi connectivity index (χ1) is 7.88. The van der Waals surface area contributed by atoms with Crippen LogP contribution in [0.5, 0.6) is 5.75 Å². The molecule has 2 nitrogen and oxygen atoms in total. The fraction of sp³-hybridized carbons (Fsp3) is 0.571. The minimum absolute atomic E-state index is 0.809. The van der Waals surface area contributed by atoms with Crippen molar-refractivity contribution in [3.05, 3.63) is 29.8 Å². The van der Waals surface area contributed by atoms with Gasteiger partial charge < -0.3 is 10.1 Å². The zero-order valence-electron chi connectivity index (χ0n) is 10.0. The average Bonchev–Trinajstić information content (AvgIpc) is 3.13. The van der Waals surface area contributed by atoms with Gasteiger partial charge in [-0.05, 0) is 49.9 Å². The number of ether oxygens (including phenoxy) is 1. The van der Waals surface area contributed by atoms with Crippen LogP contribution in [0.1, 0.15) is 31.7 Å². The summed E-state index contributed by atoms with van der Waals surface area (Å²) in [6.45, 7) is 4.06. The lowest BCUT2D eigenvalue weighted by molar-refractivity contribution is 0.307. The highest BCUT2D eigenvalue weighted by atomic mass is 16.5. The third-order valence-electron chi connectivity index (χ3n) is 2.91. The smallest absolute Gasteiger partial charge is 0.119 e. The predicted molar refractivity (Wildman–Crippen MR) is 67.0 cm³/mol. The molecule has 1 aliphatic rings. The average molecular weight is 219 g/mol. The van der Waals surface area contributed by atoms with Gasteiger partial charge in [0.2, 0.25) is 0 Å². The standard InChI is InChI=1S/C14H21NO/c1-2-12-5-3-6-14(11-12)16-10-4-9-15-13-7-8-13/h3,5-6,11,13,15H,2,4,7-10H2,1H3. The van der Waals surface area contributed by atoms with Crippen molar-refractivity contribution in [2.75, 3.05) is 13.2 Å². The monoisotopic (exact) mass is 219 g/mol. The van der Waals surface area contributed by atoms with Crippen molar-refractivity contribution in [3.63, 3.8) is 0 Å². The molecular formula is C14H21NO. The van der Waals surface area contributed by atoms with Crippen molar-refractivity contribution in [2.24, 2.45) is 0 Å². The Morgan fingerprint density at radius 1 is 1.38 bits per heavy atom. The van der Waals surface area contributed by atoms with Crippen molar-refractivity contribution in [1.29, 1.82) is 0 Å². The Balaban J connectivity index is 1.63. The Morgan fingerprint density at radius 3 is 3.00 bits per heavy atom. The van der Waals surface area contributed by atoms with Gasteiger partial charge in [-0.15, -0.1) is 0 Å². The first-order valence-electron chi connectivity index (χ1n) is 6.33. The lowest BCUT2D eigenvalue weighted by Gasteiger charge is -2.07. The molecule has 1 aromatic carbocycles. The molecule has 0 unspecified atom stereocenters. The lowest BCUT2D eigenvalue weighted by Crippen LogP contribution is -2.19. The zero-order chi connectivity index (χ0) is 11.2. The maximum Gasteiger partial charge on any atom is 0.119 e. The SMILES string of the molecule is CCc1cccc(OCCCNC2CC2)c1. The molecule has 0 amide bonds. The maximum absolute atomic E-state index is 5.71. The summed E-state index contributed by atoms with van der Waals surface area (Å²) >= 11 is 0. The van der Waals surface area contributed by atoms with Crippen molar-refractivity contribution >= 4 is 0 Å². The Hall–Kier alpha value is -1.02. The van der Waals surface area contributed by atoms with E-state index in [9.17, 15) is 0 Å². The summed E-state index contributed by atoms with van der Waals surface area (Å²) in [6.07, 6.45) is 4.88. The quantitative estimate of drug-likeness (QED) is 0.712. The highest BCUT2D eigenvalue weighted by Gasteiger charge is 2.19. The summed E-state index contributed by atoms with van der Waals surface area (Å²) in [5, 5.41) is 3.49. The van der Waals surface area contributed by atoms with E-state index in [0.29, 0.717) is 0 Å². The highest BCUT2D eigenvalue weighted by Crippen LogP contribution is 2.18. The molecule has 0 aliphatic heterocycles. The van der Waals surface area contributed by atoms with Gasteiger partial charge in [-0.25, -0.2) is 0 Å². The second kappa shape index (κ2) is 5.90. The summed E-state index contributed by atoms with van der Waals surface area (Å²) in [7, 11) is 0. The van der Waals surface area contributed by atoms with Crippen LogP contribution in [0, 0.1) is 0 Å². The molecule has 0 atom stereocenters. The summed E-state index contributed by atoms with van der Waals surface area (Å²) in [5.41, 5.74) is 1.34. The van der Waals surface area contributed by atoms with Crippen molar-refractivity contribution < 1.29 is 4.74 Å². The third-order valence-corrected chi connectivity index (χ3v) is 2.91. The van der Waals surface area contributed by atoms with Gasteiger partial charge in [0.15, 0.2) is 0 Å².